The van der Waals surface area contributed by atoms with Crippen LogP contribution in [0.4, 0.5) is 4.39 Å². The van der Waals surface area contributed by atoms with Crippen LogP contribution in [0.1, 0.15) is 12.8 Å². The Kier molecular flexibility index (Phi) is 4.22. The minimum Gasteiger partial charge on any atom is -0.491 e. The number of rotatable bonds is 4. The predicted molar refractivity (Wildman–Crippen MR) is 76.1 cm³/mol. The van der Waals surface area contributed by atoms with E-state index in [1.54, 1.807) is 25.1 Å². The second-order valence-corrected chi connectivity index (χ2v) is 4.76. The van der Waals surface area contributed by atoms with Crippen molar-refractivity contribution in [1.82, 2.24) is 15.5 Å². The van der Waals surface area contributed by atoms with E-state index < -0.39 is 11.7 Å². The number of hydrogen-bond donors (Lipinski definition) is 1. The van der Waals surface area contributed by atoms with E-state index in [9.17, 15) is 9.18 Å². The van der Waals surface area contributed by atoms with Gasteiger partial charge in [-0.25, -0.2) is 4.39 Å². The monoisotopic (exact) mass is 319 g/mol. The highest BCUT2D eigenvalue weighted by molar-refractivity contribution is 5.91. The van der Waals surface area contributed by atoms with Crippen LogP contribution in [0.25, 0.3) is 11.4 Å². The maximum atomic E-state index is 13.7. The fraction of sp³-hybridized carbons (Fsp3) is 0.267. The normalized spacial score (nSPS) is 14.2. The predicted octanol–water partition coefficient (Wildman–Crippen LogP) is 1.77. The van der Waals surface area contributed by atoms with E-state index in [2.05, 4.69) is 15.5 Å². The van der Waals surface area contributed by atoms with E-state index in [0.29, 0.717) is 19.0 Å². The third-order valence-electron chi connectivity index (χ3n) is 3.16. The lowest BCUT2D eigenvalue weighted by Gasteiger charge is -2.18. The number of amides is 1. The zero-order valence-electron chi connectivity index (χ0n) is 12.3. The number of allylic oxidation sites excluding steroid dienone is 1. The smallest absolute Gasteiger partial charge is 0.290 e. The number of nitrogens with zero attached hydrogens (tertiary/aromatic N) is 2. The number of hydrogen-bond acceptors (Lipinski definition) is 6. The van der Waals surface area contributed by atoms with Crippen LogP contribution in [0, 0.1) is 5.82 Å². The van der Waals surface area contributed by atoms with E-state index in [1.807, 2.05) is 0 Å². The molecule has 7 nitrogen and oxygen atoms in total. The van der Waals surface area contributed by atoms with E-state index in [-0.39, 0.29) is 29.6 Å². The summed E-state index contributed by atoms with van der Waals surface area (Å²) >= 11 is 0. The Labute approximate surface area is 131 Å². The fourth-order valence-electron chi connectivity index (χ4n) is 2.05. The quantitative estimate of drug-likeness (QED) is 0.924. The van der Waals surface area contributed by atoms with Crippen molar-refractivity contribution in [3.8, 4) is 11.4 Å². The minimum absolute atomic E-state index is 0.000423. The first-order valence-electron chi connectivity index (χ1n) is 6.97. The van der Waals surface area contributed by atoms with Crippen LogP contribution >= 0.6 is 0 Å². The van der Waals surface area contributed by atoms with Crippen LogP contribution in [-0.2, 0) is 20.8 Å². The second kappa shape index (κ2) is 6.47. The molecule has 8 heteroatoms. The van der Waals surface area contributed by atoms with Gasteiger partial charge in [-0.2, -0.15) is 4.98 Å². The molecule has 1 aromatic carbocycles. The standard InChI is InChI=1S/C15H14FN3O4/c1-9-13(22-7-6-21-9)15(20)17-8-12-18-14(19-23-12)10-4-2-3-5-11(10)16/h2-5H,6-8H2,1H3,(H,17,20). The average Bonchev–Trinajstić information content (AvgIpc) is 3.02. The zero-order valence-corrected chi connectivity index (χ0v) is 12.3. The summed E-state index contributed by atoms with van der Waals surface area (Å²) in [5.74, 6) is -0.0479. The largest absolute Gasteiger partial charge is 0.491 e. The Bertz CT molecular complexity index is 757. The Hall–Kier alpha value is -2.90. The summed E-state index contributed by atoms with van der Waals surface area (Å²) < 4.78 is 29.2. The number of benzene rings is 1. The molecule has 0 unspecified atom stereocenters. The molecule has 1 aromatic heterocycles. The van der Waals surface area contributed by atoms with Gasteiger partial charge in [0.15, 0.2) is 0 Å². The van der Waals surface area contributed by atoms with Crippen LogP contribution in [0.3, 0.4) is 0 Å². The fourth-order valence-corrected chi connectivity index (χ4v) is 2.05. The van der Waals surface area contributed by atoms with Gasteiger partial charge in [-0.1, -0.05) is 17.3 Å². The van der Waals surface area contributed by atoms with Gasteiger partial charge in [-0.05, 0) is 19.1 Å². The number of aromatic nitrogens is 2. The number of carbonyl (C=O) groups is 1. The van der Waals surface area contributed by atoms with Crippen LogP contribution in [0.15, 0.2) is 40.3 Å². The van der Waals surface area contributed by atoms with Crippen LogP contribution in [-0.4, -0.2) is 29.3 Å². The Morgan fingerprint density at radius 3 is 2.87 bits per heavy atom. The third-order valence-corrected chi connectivity index (χ3v) is 3.16. The van der Waals surface area contributed by atoms with Gasteiger partial charge in [-0.3, -0.25) is 4.79 Å². The molecule has 1 aliphatic rings. The van der Waals surface area contributed by atoms with Crippen molar-refractivity contribution in [2.75, 3.05) is 13.2 Å². The maximum absolute atomic E-state index is 13.7. The molecule has 0 spiro atoms. The highest BCUT2D eigenvalue weighted by Crippen LogP contribution is 2.19. The summed E-state index contributed by atoms with van der Waals surface area (Å²) in [4.78, 5) is 16.0. The zero-order chi connectivity index (χ0) is 16.2. The highest BCUT2D eigenvalue weighted by atomic mass is 19.1. The van der Waals surface area contributed by atoms with Crippen molar-refractivity contribution < 1.29 is 23.2 Å². The summed E-state index contributed by atoms with van der Waals surface area (Å²) in [6, 6.07) is 6.10. The lowest BCUT2D eigenvalue weighted by Crippen LogP contribution is -2.29. The molecule has 23 heavy (non-hydrogen) atoms. The van der Waals surface area contributed by atoms with Crippen molar-refractivity contribution in [3.05, 3.63) is 47.5 Å². The molecule has 0 saturated heterocycles. The van der Waals surface area contributed by atoms with E-state index >= 15 is 0 Å². The Balaban J connectivity index is 1.66. The molecule has 1 aliphatic heterocycles. The number of carbonyl (C=O) groups excluding carboxylic acids is 1. The van der Waals surface area contributed by atoms with Crippen molar-refractivity contribution in [3.63, 3.8) is 0 Å². The minimum atomic E-state index is -0.447. The lowest BCUT2D eigenvalue weighted by molar-refractivity contribution is -0.123. The van der Waals surface area contributed by atoms with E-state index in [4.69, 9.17) is 14.0 Å². The molecule has 2 heterocycles. The molecule has 0 aliphatic carbocycles. The average molecular weight is 319 g/mol. The maximum Gasteiger partial charge on any atom is 0.290 e. The molecule has 0 atom stereocenters. The summed E-state index contributed by atoms with van der Waals surface area (Å²) in [5.41, 5.74) is 0.233. The van der Waals surface area contributed by atoms with Gasteiger partial charge in [0.05, 0.1) is 12.1 Å². The summed E-state index contributed by atoms with van der Waals surface area (Å²) in [6.45, 7) is 2.38. The molecule has 120 valence electrons. The molecule has 0 saturated carbocycles. The van der Waals surface area contributed by atoms with Gasteiger partial charge >= 0.3 is 0 Å². The van der Waals surface area contributed by atoms with Crippen LogP contribution in [0.2, 0.25) is 0 Å². The van der Waals surface area contributed by atoms with Crippen LogP contribution < -0.4 is 5.32 Å². The van der Waals surface area contributed by atoms with Gasteiger partial charge in [-0.15, -0.1) is 0 Å². The topological polar surface area (TPSA) is 86.5 Å². The first kappa shape index (κ1) is 15.0. The number of halogens is 1. The van der Waals surface area contributed by atoms with E-state index in [0.717, 1.165) is 0 Å². The van der Waals surface area contributed by atoms with Gasteiger partial charge in [0.1, 0.15) is 24.8 Å². The van der Waals surface area contributed by atoms with Crippen LogP contribution in [0.5, 0.6) is 0 Å². The first-order chi connectivity index (χ1) is 11.1. The molecular weight excluding hydrogens is 305 g/mol. The lowest BCUT2D eigenvalue weighted by atomic mass is 10.2. The highest BCUT2D eigenvalue weighted by Gasteiger charge is 2.20. The van der Waals surface area contributed by atoms with Gasteiger partial charge < -0.3 is 19.3 Å². The van der Waals surface area contributed by atoms with Crippen molar-refractivity contribution in [2.24, 2.45) is 0 Å². The molecule has 1 N–H and O–H groups in total. The molecule has 2 aromatic rings. The molecule has 1 amide bonds. The second-order valence-electron chi connectivity index (χ2n) is 4.76. The molecule has 3 rings (SSSR count). The molecule has 0 fully saturated rings. The first-order valence-corrected chi connectivity index (χ1v) is 6.97. The Morgan fingerprint density at radius 1 is 1.30 bits per heavy atom. The molecule has 0 bridgehead atoms. The summed E-state index contributed by atoms with van der Waals surface area (Å²) in [7, 11) is 0. The van der Waals surface area contributed by atoms with Crippen molar-refractivity contribution >= 4 is 5.91 Å². The summed E-state index contributed by atoms with van der Waals surface area (Å²) in [6.07, 6.45) is 0. The van der Waals surface area contributed by atoms with Gasteiger partial charge in [0.25, 0.3) is 5.91 Å². The molecule has 0 radical (unpaired) electrons. The summed E-state index contributed by atoms with van der Waals surface area (Å²) in [5, 5.41) is 6.29. The SMILES string of the molecule is CC1=C(C(=O)NCc2nc(-c3ccccc3F)no2)OCCO1. The van der Waals surface area contributed by atoms with Gasteiger partial charge in [0.2, 0.25) is 17.5 Å². The van der Waals surface area contributed by atoms with Crippen molar-refractivity contribution in [1.29, 1.82) is 0 Å². The number of nitrogens with one attached hydrogen (secondary N) is 1. The van der Waals surface area contributed by atoms with Gasteiger partial charge in [0, 0.05) is 0 Å². The third kappa shape index (κ3) is 3.31. The van der Waals surface area contributed by atoms with E-state index in [1.165, 1.54) is 6.07 Å². The number of ether oxygens (including phenoxy) is 2. The Morgan fingerprint density at radius 2 is 2.09 bits per heavy atom. The van der Waals surface area contributed by atoms with Crippen molar-refractivity contribution in [2.45, 2.75) is 13.5 Å². The molecular formula is C15H14FN3O4.